The molecule has 0 saturated heterocycles. The molecule has 0 aromatic heterocycles. The zero-order valence-corrected chi connectivity index (χ0v) is 19.4. The number of nitro groups is 1. The van der Waals surface area contributed by atoms with Crippen LogP contribution < -0.4 is 0 Å². The van der Waals surface area contributed by atoms with Crippen LogP contribution in [0, 0.1) is 26.4 Å². The molecule has 8 heteroatoms. The summed E-state index contributed by atoms with van der Waals surface area (Å²) in [7, 11) is 6.35. The first kappa shape index (κ1) is 27.1. The topological polar surface area (TPSA) is 95.7 Å². The predicted molar refractivity (Wildman–Crippen MR) is 113 cm³/mol. The van der Waals surface area contributed by atoms with Crippen LogP contribution in [0.4, 0.5) is 0 Å². The summed E-state index contributed by atoms with van der Waals surface area (Å²) < 4.78 is 10.2. The Bertz CT molecular complexity index is 650. The van der Waals surface area contributed by atoms with Gasteiger partial charge in [-0.05, 0) is 65.9 Å². The van der Waals surface area contributed by atoms with Crippen LogP contribution in [0.3, 0.4) is 0 Å². The van der Waals surface area contributed by atoms with Gasteiger partial charge in [-0.3, -0.25) is 19.7 Å². The van der Waals surface area contributed by atoms with E-state index in [-0.39, 0.29) is 31.3 Å². The molecule has 0 aromatic carbocycles. The van der Waals surface area contributed by atoms with E-state index < -0.39 is 32.5 Å². The number of esters is 2. The minimum absolute atomic E-state index is 0.0307. The maximum absolute atomic E-state index is 12.2. The summed E-state index contributed by atoms with van der Waals surface area (Å²) in [6.45, 7) is 15.9. The lowest BCUT2D eigenvalue weighted by Crippen LogP contribution is -2.34. The summed E-state index contributed by atoms with van der Waals surface area (Å²) in [4.78, 5) is 35.8. The SMILES string of the molecule is [B]C(C)(CC(C)(C)C(=O)OCC)/C(=C/C(C)(C)CC(C)(C)C(=O)OCC)[N+](=O)[O-]. The van der Waals surface area contributed by atoms with Crippen molar-refractivity contribution in [2.45, 2.75) is 80.5 Å². The standard InChI is InChI=1S/C21H36BNO6/c1-10-28-16(24)19(5,6)13-18(3,4)12-15(23(26)27)21(9,22)14-20(7,8)17(25)29-11-2/h12H,10-11,13-14H2,1-9H3/b15-12-. The highest BCUT2D eigenvalue weighted by Gasteiger charge is 2.44. The molecule has 0 heterocycles. The highest BCUT2D eigenvalue weighted by Crippen LogP contribution is 2.46. The number of rotatable bonds is 11. The first-order valence-corrected chi connectivity index (χ1v) is 9.93. The Kier molecular flexibility index (Phi) is 9.14. The van der Waals surface area contributed by atoms with Crippen LogP contribution in [0.15, 0.2) is 11.8 Å². The fourth-order valence-corrected chi connectivity index (χ4v) is 3.79. The van der Waals surface area contributed by atoms with Crippen LogP contribution in [-0.4, -0.2) is 37.9 Å². The Balaban J connectivity index is 5.87. The minimum Gasteiger partial charge on any atom is -0.466 e. The molecule has 0 amide bonds. The van der Waals surface area contributed by atoms with Crippen molar-refractivity contribution < 1.29 is 24.0 Å². The summed E-state index contributed by atoms with van der Waals surface area (Å²) in [5, 5.41) is 10.5. The van der Waals surface area contributed by atoms with Gasteiger partial charge in [-0.15, -0.1) is 0 Å². The highest BCUT2D eigenvalue weighted by atomic mass is 16.6. The van der Waals surface area contributed by atoms with Crippen molar-refractivity contribution in [1.82, 2.24) is 0 Å². The largest absolute Gasteiger partial charge is 0.466 e. The van der Waals surface area contributed by atoms with Gasteiger partial charge in [0, 0.05) is 5.31 Å². The fraction of sp³-hybridized carbons (Fsp3) is 0.810. The molecule has 1 unspecified atom stereocenters. The molecule has 29 heavy (non-hydrogen) atoms. The van der Waals surface area contributed by atoms with Crippen LogP contribution >= 0.6 is 0 Å². The predicted octanol–water partition coefficient (Wildman–Crippen LogP) is 4.48. The van der Waals surface area contributed by atoms with Crippen molar-refractivity contribution >= 4 is 19.8 Å². The van der Waals surface area contributed by atoms with Gasteiger partial charge in [0.1, 0.15) is 0 Å². The van der Waals surface area contributed by atoms with E-state index in [1.54, 1.807) is 41.5 Å². The molecule has 0 N–H and O–H groups in total. The molecule has 0 aliphatic carbocycles. The molecule has 0 spiro atoms. The Morgan fingerprint density at radius 2 is 1.28 bits per heavy atom. The van der Waals surface area contributed by atoms with Gasteiger partial charge in [-0.2, -0.15) is 0 Å². The Hall–Kier alpha value is -1.86. The van der Waals surface area contributed by atoms with Crippen molar-refractivity contribution in [3.05, 3.63) is 21.9 Å². The molecule has 0 aliphatic rings. The van der Waals surface area contributed by atoms with Crippen molar-refractivity contribution in [1.29, 1.82) is 0 Å². The number of hydrogen-bond acceptors (Lipinski definition) is 6. The third-order valence-corrected chi connectivity index (χ3v) is 4.67. The second-order valence-electron chi connectivity index (χ2n) is 9.75. The Morgan fingerprint density at radius 1 is 0.897 bits per heavy atom. The van der Waals surface area contributed by atoms with E-state index in [9.17, 15) is 19.7 Å². The Labute approximate surface area is 176 Å². The lowest BCUT2D eigenvalue weighted by atomic mass is 9.59. The minimum atomic E-state index is -1.38. The first-order valence-electron chi connectivity index (χ1n) is 9.93. The lowest BCUT2D eigenvalue weighted by molar-refractivity contribution is -0.433. The fourth-order valence-electron chi connectivity index (χ4n) is 3.79. The monoisotopic (exact) mass is 409 g/mol. The van der Waals surface area contributed by atoms with Crippen LogP contribution in [0.25, 0.3) is 0 Å². The van der Waals surface area contributed by atoms with Crippen molar-refractivity contribution in [2.75, 3.05) is 13.2 Å². The molecule has 0 rings (SSSR count). The molecule has 2 radical (unpaired) electrons. The quantitative estimate of drug-likeness (QED) is 0.216. The second kappa shape index (κ2) is 9.76. The van der Waals surface area contributed by atoms with Crippen LogP contribution in [-0.2, 0) is 19.1 Å². The third kappa shape index (κ3) is 8.19. The van der Waals surface area contributed by atoms with Gasteiger partial charge in [0.05, 0.1) is 36.8 Å². The summed E-state index contributed by atoms with van der Waals surface area (Å²) in [5.41, 5.74) is -2.73. The van der Waals surface area contributed by atoms with E-state index in [0.29, 0.717) is 6.42 Å². The van der Waals surface area contributed by atoms with Crippen molar-refractivity contribution in [3.8, 4) is 0 Å². The number of hydrogen-bond donors (Lipinski definition) is 0. The lowest BCUT2D eigenvalue weighted by Gasteiger charge is -2.34. The molecule has 0 bridgehead atoms. The van der Waals surface area contributed by atoms with Gasteiger partial charge in [-0.25, -0.2) is 0 Å². The van der Waals surface area contributed by atoms with Crippen LogP contribution in [0.5, 0.6) is 0 Å². The van der Waals surface area contributed by atoms with Gasteiger partial charge < -0.3 is 9.47 Å². The summed E-state index contributed by atoms with van der Waals surface area (Å²) in [6.07, 6.45) is 1.85. The molecule has 7 nitrogen and oxygen atoms in total. The van der Waals surface area contributed by atoms with Gasteiger partial charge >= 0.3 is 11.9 Å². The number of carbonyl (C=O) groups is 2. The second-order valence-corrected chi connectivity index (χ2v) is 9.75. The van der Waals surface area contributed by atoms with E-state index >= 15 is 0 Å². The van der Waals surface area contributed by atoms with E-state index in [0.717, 1.165) is 0 Å². The van der Waals surface area contributed by atoms with Gasteiger partial charge in [-0.1, -0.05) is 20.8 Å². The van der Waals surface area contributed by atoms with E-state index in [4.69, 9.17) is 17.3 Å². The highest BCUT2D eigenvalue weighted by molar-refractivity contribution is 6.17. The first-order chi connectivity index (χ1) is 12.9. The maximum Gasteiger partial charge on any atom is 0.311 e. The average Bonchev–Trinajstić information content (AvgIpc) is 2.50. The summed E-state index contributed by atoms with van der Waals surface area (Å²) in [6, 6.07) is 0. The molecule has 0 aromatic rings. The third-order valence-electron chi connectivity index (χ3n) is 4.67. The average molecular weight is 409 g/mol. The summed E-state index contributed by atoms with van der Waals surface area (Å²) >= 11 is 0. The van der Waals surface area contributed by atoms with E-state index in [1.807, 2.05) is 13.8 Å². The van der Waals surface area contributed by atoms with Crippen LogP contribution in [0.2, 0.25) is 5.31 Å². The maximum atomic E-state index is 12.2. The van der Waals surface area contributed by atoms with E-state index in [1.165, 1.54) is 13.0 Å². The van der Waals surface area contributed by atoms with Crippen molar-refractivity contribution in [2.24, 2.45) is 16.2 Å². The molecular weight excluding hydrogens is 373 g/mol. The molecule has 164 valence electrons. The zero-order valence-electron chi connectivity index (χ0n) is 19.4. The molecule has 0 aliphatic heterocycles. The molecular formula is C21H36BNO6. The number of allylic oxidation sites excluding steroid dienone is 2. The number of ether oxygens (including phenoxy) is 2. The molecule has 0 fully saturated rings. The van der Waals surface area contributed by atoms with E-state index in [2.05, 4.69) is 0 Å². The van der Waals surface area contributed by atoms with Crippen molar-refractivity contribution in [3.63, 3.8) is 0 Å². The zero-order chi connectivity index (χ0) is 23.3. The van der Waals surface area contributed by atoms with Gasteiger partial charge in [0.25, 0.3) is 0 Å². The number of nitrogens with zero attached hydrogens (tertiary/aromatic N) is 1. The smallest absolute Gasteiger partial charge is 0.311 e. The van der Waals surface area contributed by atoms with Gasteiger partial charge in [0.2, 0.25) is 5.70 Å². The Morgan fingerprint density at radius 3 is 1.62 bits per heavy atom. The normalized spacial score (nSPS) is 15.4. The van der Waals surface area contributed by atoms with Gasteiger partial charge in [0.15, 0.2) is 0 Å². The molecule has 0 saturated carbocycles. The van der Waals surface area contributed by atoms with Crippen LogP contribution in [0.1, 0.15) is 75.2 Å². The summed E-state index contributed by atoms with van der Waals surface area (Å²) in [5.74, 6) is -0.815. The number of carbonyl (C=O) groups excluding carboxylic acids is 2. The molecule has 1 atom stereocenters.